The zero-order valence-corrected chi connectivity index (χ0v) is 12.2. The molecule has 0 aliphatic carbocycles. The number of phenolic OH excluding ortho intramolecular Hbond substituents is 1. The summed E-state index contributed by atoms with van der Waals surface area (Å²) in [5, 5.41) is 10.0. The van der Waals surface area contributed by atoms with Crippen LogP contribution in [0.3, 0.4) is 0 Å². The van der Waals surface area contributed by atoms with Crippen LogP contribution in [-0.4, -0.2) is 16.7 Å². The summed E-state index contributed by atoms with van der Waals surface area (Å²) in [6.07, 6.45) is 0. The highest BCUT2D eigenvalue weighted by Gasteiger charge is 2.26. The quantitative estimate of drug-likeness (QED) is 0.393. The molecule has 3 N–H and O–H groups in total. The molecule has 0 fully saturated rings. The fourth-order valence-corrected chi connectivity index (χ4v) is 2.30. The molecule has 21 heavy (non-hydrogen) atoms. The van der Waals surface area contributed by atoms with Gasteiger partial charge in [0, 0.05) is 5.56 Å². The highest BCUT2D eigenvalue weighted by Crippen LogP contribution is 2.35. The SMILES string of the molecule is Cc1c(C)c(O)c(N)c(C(=O)C(=O)c2ccccc2)c1C. The lowest BCUT2D eigenvalue weighted by Crippen LogP contribution is -2.18. The molecule has 108 valence electrons. The molecule has 0 radical (unpaired) electrons. The van der Waals surface area contributed by atoms with Crippen molar-refractivity contribution in [1.29, 1.82) is 0 Å². The Balaban J connectivity index is 2.58. The molecular weight excluding hydrogens is 266 g/mol. The summed E-state index contributed by atoms with van der Waals surface area (Å²) >= 11 is 0. The summed E-state index contributed by atoms with van der Waals surface area (Å²) < 4.78 is 0. The van der Waals surface area contributed by atoms with Gasteiger partial charge in [0.25, 0.3) is 0 Å². The zero-order chi connectivity index (χ0) is 15.7. The summed E-state index contributed by atoms with van der Waals surface area (Å²) in [6.45, 7) is 5.23. The molecule has 0 saturated heterocycles. The van der Waals surface area contributed by atoms with E-state index in [1.165, 1.54) is 0 Å². The first-order valence-corrected chi connectivity index (χ1v) is 6.58. The maximum Gasteiger partial charge on any atom is 0.236 e. The van der Waals surface area contributed by atoms with Crippen LogP contribution in [0.25, 0.3) is 0 Å². The third kappa shape index (κ3) is 2.40. The van der Waals surface area contributed by atoms with E-state index in [9.17, 15) is 14.7 Å². The minimum Gasteiger partial charge on any atom is -0.505 e. The third-order valence-corrected chi connectivity index (χ3v) is 3.85. The fraction of sp³-hybridized carbons (Fsp3) is 0.176. The summed E-state index contributed by atoms with van der Waals surface area (Å²) in [5.74, 6) is -1.47. The Kier molecular flexibility index (Phi) is 3.80. The predicted octanol–water partition coefficient (Wildman–Crippen LogP) is 2.97. The first-order valence-electron chi connectivity index (χ1n) is 6.58. The van der Waals surface area contributed by atoms with Gasteiger partial charge in [0.05, 0.1) is 11.3 Å². The number of nitrogens with two attached hydrogens (primary N) is 1. The van der Waals surface area contributed by atoms with Gasteiger partial charge in [-0.25, -0.2) is 0 Å². The standard InChI is InChI=1S/C17H17NO3/c1-9-10(2)13(14(18)15(19)11(9)3)17(21)16(20)12-7-5-4-6-8-12/h4-8,19H,18H2,1-3H3. The smallest absolute Gasteiger partial charge is 0.236 e. The molecule has 0 spiro atoms. The van der Waals surface area contributed by atoms with Crippen molar-refractivity contribution in [1.82, 2.24) is 0 Å². The van der Waals surface area contributed by atoms with Gasteiger partial charge in [0.2, 0.25) is 11.6 Å². The second-order valence-corrected chi connectivity index (χ2v) is 5.04. The topological polar surface area (TPSA) is 80.4 Å². The molecule has 2 aromatic carbocycles. The number of nitrogen functional groups attached to an aromatic ring is 1. The van der Waals surface area contributed by atoms with Crippen LogP contribution in [0, 0.1) is 20.8 Å². The Labute approximate surface area is 123 Å². The van der Waals surface area contributed by atoms with E-state index in [-0.39, 0.29) is 17.0 Å². The summed E-state index contributed by atoms with van der Waals surface area (Å²) in [6, 6.07) is 8.30. The van der Waals surface area contributed by atoms with Gasteiger partial charge in [-0.15, -0.1) is 0 Å². The molecule has 0 unspecified atom stereocenters. The molecular formula is C17H17NO3. The number of carbonyl (C=O) groups is 2. The normalized spacial score (nSPS) is 10.4. The van der Waals surface area contributed by atoms with Crippen molar-refractivity contribution >= 4 is 17.3 Å². The first kappa shape index (κ1) is 14.8. The number of Topliss-reactive ketones (excluding diaryl/α,β-unsaturated/α-hetero) is 2. The first-order chi connectivity index (χ1) is 9.86. The highest BCUT2D eigenvalue weighted by molar-refractivity contribution is 6.50. The molecule has 2 rings (SSSR count). The maximum absolute atomic E-state index is 12.5. The number of ketones is 2. The Hall–Kier alpha value is -2.62. The average molecular weight is 283 g/mol. The molecule has 0 bridgehead atoms. The van der Waals surface area contributed by atoms with Crippen LogP contribution in [-0.2, 0) is 0 Å². The van der Waals surface area contributed by atoms with Crippen molar-refractivity contribution in [3.63, 3.8) is 0 Å². The van der Waals surface area contributed by atoms with Crippen LogP contribution in [0.1, 0.15) is 37.4 Å². The molecule has 0 aliphatic rings. The molecule has 4 nitrogen and oxygen atoms in total. The number of carbonyl (C=O) groups excluding carboxylic acids is 2. The number of benzene rings is 2. The average Bonchev–Trinajstić information content (AvgIpc) is 2.51. The van der Waals surface area contributed by atoms with Crippen molar-refractivity contribution in [2.24, 2.45) is 0 Å². The van der Waals surface area contributed by atoms with E-state index < -0.39 is 11.6 Å². The van der Waals surface area contributed by atoms with Crippen molar-refractivity contribution < 1.29 is 14.7 Å². The molecule has 0 saturated carbocycles. The Morgan fingerprint density at radius 3 is 2.05 bits per heavy atom. The summed E-state index contributed by atoms with van der Waals surface area (Å²) in [4.78, 5) is 24.7. The van der Waals surface area contributed by atoms with E-state index in [2.05, 4.69) is 0 Å². The van der Waals surface area contributed by atoms with Crippen LogP contribution in [0.5, 0.6) is 5.75 Å². The van der Waals surface area contributed by atoms with Crippen molar-refractivity contribution in [3.8, 4) is 5.75 Å². The fourth-order valence-electron chi connectivity index (χ4n) is 2.30. The van der Waals surface area contributed by atoms with Crippen LogP contribution >= 0.6 is 0 Å². The van der Waals surface area contributed by atoms with Crippen molar-refractivity contribution in [3.05, 3.63) is 58.1 Å². The second kappa shape index (κ2) is 5.40. The number of phenols is 1. The van der Waals surface area contributed by atoms with E-state index >= 15 is 0 Å². The van der Waals surface area contributed by atoms with E-state index in [0.717, 1.165) is 5.56 Å². The third-order valence-electron chi connectivity index (χ3n) is 3.85. The van der Waals surface area contributed by atoms with E-state index in [0.29, 0.717) is 16.7 Å². The van der Waals surface area contributed by atoms with Crippen LogP contribution in [0.15, 0.2) is 30.3 Å². The number of anilines is 1. The lowest BCUT2D eigenvalue weighted by molar-refractivity contribution is 0.0817. The van der Waals surface area contributed by atoms with Crippen molar-refractivity contribution in [2.75, 3.05) is 5.73 Å². The van der Waals surface area contributed by atoms with E-state index in [1.807, 2.05) is 0 Å². The van der Waals surface area contributed by atoms with Gasteiger partial charge in [-0.3, -0.25) is 9.59 Å². The predicted molar refractivity (Wildman–Crippen MR) is 81.8 cm³/mol. The molecule has 4 heteroatoms. The van der Waals surface area contributed by atoms with Gasteiger partial charge in [-0.2, -0.15) is 0 Å². The summed E-state index contributed by atoms with van der Waals surface area (Å²) in [7, 11) is 0. The monoisotopic (exact) mass is 283 g/mol. The Morgan fingerprint density at radius 1 is 0.905 bits per heavy atom. The van der Waals surface area contributed by atoms with Gasteiger partial charge in [0.15, 0.2) is 0 Å². The van der Waals surface area contributed by atoms with Crippen molar-refractivity contribution in [2.45, 2.75) is 20.8 Å². The highest BCUT2D eigenvalue weighted by atomic mass is 16.3. The van der Waals surface area contributed by atoms with E-state index in [1.54, 1.807) is 51.1 Å². The van der Waals surface area contributed by atoms with Gasteiger partial charge >= 0.3 is 0 Å². The number of hydrogen-bond donors (Lipinski definition) is 2. The molecule has 2 aromatic rings. The van der Waals surface area contributed by atoms with Gasteiger partial charge in [0.1, 0.15) is 5.75 Å². The minimum atomic E-state index is -0.699. The Bertz CT molecular complexity index is 704. The summed E-state index contributed by atoms with van der Waals surface area (Å²) in [5.41, 5.74) is 8.20. The number of rotatable bonds is 3. The van der Waals surface area contributed by atoms with Gasteiger partial charge < -0.3 is 10.8 Å². The lowest BCUT2D eigenvalue weighted by Gasteiger charge is -2.15. The lowest BCUT2D eigenvalue weighted by atomic mass is 9.90. The minimum absolute atomic E-state index is 0.0371. The maximum atomic E-state index is 12.5. The van der Waals surface area contributed by atoms with Gasteiger partial charge in [-0.1, -0.05) is 30.3 Å². The largest absolute Gasteiger partial charge is 0.505 e. The zero-order valence-electron chi connectivity index (χ0n) is 12.2. The second-order valence-electron chi connectivity index (χ2n) is 5.04. The Morgan fingerprint density at radius 2 is 1.48 bits per heavy atom. The molecule has 0 atom stereocenters. The molecule has 0 aromatic heterocycles. The van der Waals surface area contributed by atoms with Crippen LogP contribution in [0.4, 0.5) is 5.69 Å². The molecule has 0 heterocycles. The van der Waals surface area contributed by atoms with Crippen LogP contribution < -0.4 is 5.73 Å². The molecule has 0 aliphatic heterocycles. The van der Waals surface area contributed by atoms with Crippen LogP contribution in [0.2, 0.25) is 0 Å². The number of aromatic hydroxyl groups is 1. The van der Waals surface area contributed by atoms with Gasteiger partial charge in [-0.05, 0) is 37.5 Å². The van der Waals surface area contributed by atoms with E-state index in [4.69, 9.17) is 5.73 Å². The molecule has 0 amide bonds. The number of hydrogen-bond acceptors (Lipinski definition) is 4.